The van der Waals surface area contributed by atoms with Gasteiger partial charge >= 0.3 is 0 Å². The predicted octanol–water partition coefficient (Wildman–Crippen LogP) is 3.31. The van der Waals surface area contributed by atoms with E-state index in [0.717, 1.165) is 41.4 Å². The van der Waals surface area contributed by atoms with Crippen LogP contribution in [-0.2, 0) is 0 Å². The topological polar surface area (TPSA) is 66.0 Å². The molecular weight excluding hydrogens is 276 g/mol. The summed E-state index contributed by atoms with van der Waals surface area (Å²) in [5.74, 6) is 0.872. The van der Waals surface area contributed by atoms with Crippen molar-refractivity contribution in [2.24, 2.45) is 0 Å². The summed E-state index contributed by atoms with van der Waals surface area (Å²) in [5, 5.41) is 8.18. The molecule has 112 valence electrons. The molecule has 22 heavy (non-hydrogen) atoms. The van der Waals surface area contributed by atoms with Gasteiger partial charge in [0.05, 0.1) is 24.2 Å². The van der Waals surface area contributed by atoms with E-state index in [4.69, 9.17) is 10.5 Å². The Balaban J connectivity index is 1.89. The molecule has 0 aliphatic rings. The van der Waals surface area contributed by atoms with Crippen LogP contribution in [0.25, 0.3) is 16.9 Å². The molecule has 2 N–H and O–H groups in total. The molecule has 0 fully saturated rings. The van der Waals surface area contributed by atoms with Crippen molar-refractivity contribution >= 4 is 5.69 Å². The van der Waals surface area contributed by atoms with Crippen molar-refractivity contribution in [3.63, 3.8) is 0 Å². The number of rotatable bonds is 5. The lowest BCUT2D eigenvalue weighted by Crippen LogP contribution is -2.00. The number of hydrogen-bond donors (Lipinski definition) is 1. The van der Waals surface area contributed by atoms with E-state index in [1.807, 2.05) is 48.5 Å². The summed E-state index contributed by atoms with van der Waals surface area (Å²) in [6.07, 6.45) is 2.74. The van der Waals surface area contributed by atoms with Gasteiger partial charge in [0.25, 0.3) is 0 Å². The van der Waals surface area contributed by atoms with E-state index in [2.05, 4.69) is 17.2 Å². The summed E-state index contributed by atoms with van der Waals surface area (Å²) in [6.45, 7) is 2.81. The minimum atomic E-state index is 0.725. The Bertz CT molecular complexity index is 732. The standard InChI is InChI=1S/C17H18N4O/c1-2-11-22-16-9-3-13(4-10-16)17-12-19-20-21(17)15-7-5-14(18)6-8-15/h3-10,12H,2,11,18H2,1H3. The molecule has 1 aromatic heterocycles. The molecule has 0 radical (unpaired) electrons. The highest BCUT2D eigenvalue weighted by Gasteiger charge is 2.08. The average molecular weight is 294 g/mol. The molecule has 0 atom stereocenters. The van der Waals surface area contributed by atoms with Gasteiger partial charge in [-0.3, -0.25) is 0 Å². The fourth-order valence-electron chi connectivity index (χ4n) is 2.18. The third-order valence-electron chi connectivity index (χ3n) is 3.31. The van der Waals surface area contributed by atoms with Gasteiger partial charge in [-0.05, 0) is 55.0 Å². The third kappa shape index (κ3) is 2.93. The Hall–Kier alpha value is -2.82. The van der Waals surface area contributed by atoms with Crippen molar-refractivity contribution in [2.45, 2.75) is 13.3 Å². The molecule has 0 saturated carbocycles. The zero-order valence-corrected chi connectivity index (χ0v) is 12.4. The normalized spacial score (nSPS) is 10.6. The largest absolute Gasteiger partial charge is 0.494 e. The molecule has 2 aromatic carbocycles. The Morgan fingerprint density at radius 1 is 1.05 bits per heavy atom. The molecular formula is C17H18N4O. The molecule has 0 amide bonds. The first-order valence-corrected chi connectivity index (χ1v) is 7.28. The molecule has 3 aromatic rings. The zero-order chi connectivity index (χ0) is 15.4. The van der Waals surface area contributed by atoms with E-state index in [1.54, 1.807) is 10.9 Å². The van der Waals surface area contributed by atoms with E-state index in [9.17, 15) is 0 Å². The molecule has 0 spiro atoms. The number of nitrogens with two attached hydrogens (primary N) is 1. The fourth-order valence-corrected chi connectivity index (χ4v) is 2.18. The minimum Gasteiger partial charge on any atom is -0.494 e. The first kappa shape index (κ1) is 14.1. The van der Waals surface area contributed by atoms with Gasteiger partial charge in [-0.2, -0.15) is 0 Å². The van der Waals surface area contributed by atoms with Crippen LogP contribution >= 0.6 is 0 Å². The number of hydrogen-bond acceptors (Lipinski definition) is 4. The van der Waals surface area contributed by atoms with E-state index in [1.165, 1.54) is 0 Å². The quantitative estimate of drug-likeness (QED) is 0.733. The van der Waals surface area contributed by atoms with E-state index >= 15 is 0 Å². The van der Waals surface area contributed by atoms with Gasteiger partial charge < -0.3 is 10.5 Å². The van der Waals surface area contributed by atoms with Crippen molar-refractivity contribution in [2.75, 3.05) is 12.3 Å². The summed E-state index contributed by atoms with van der Waals surface area (Å²) in [7, 11) is 0. The van der Waals surface area contributed by atoms with Crippen molar-refractivity contribution in [1.29, 1.82) is 0 Å². The molecule has 0 aliphatic carbocycles. The van der Waals surface area contributed by atoms with Crippen LogP contribution < -0.4 is 10.5 Å². The second-order valence-corrected chi connectivity index (χ2v) is 5.00. The van der Waals surface area contributed by atoms with Crippen LogP contribution in [0.5, 0.6) is 5.75 Å². The van der Waals surface area contributed by atoms with E-state index < -0.39 is 0 Å². The van der Waals surface area contributed by atoms with Gasteiger partial charge in [-0.25, -0.2) is 4.68 Å². The summed E-state index contributed by atoms with van der Waals surface area (Å²) >= 11 is 0. The van der Waals surface area contributed by atoms with Crippen LogP contribution in [0.1, 0.15) is 13.3 Å². The molecule has 5 nitrogen and oxygen atoms in total. The Kier molecular flexibility index (Phi) is 4.05. The van der Waals surface area contributed by atoms with Gasteiger partial charge in [0.2, 0.25) is 0 Å². The maximum absolute atomic E-state index is 5.73. The number of nitrogens with zero attached hydrogens (tertiary/aromatic N) is 3. The highest BCUT2D eigenvalue weighted by Crippen LogP contribution is 2.24. The van der Waals surface area contributed by atoms with Crippen molar-refractivity contribution in [1.82, 2.24) is 15.0 Å². The van der Waals surface area contributed by atoms with Gasteiger partial charge in [0, 0.05) is 11.3 Å². The Morgan fingerprint density at radius 2 is 1.77 bits per heavy atom. The molecule has 0 aliphatic heterocycles. The molecule has 0 saturated heterocycles. The summed E-state index contributed by atoms with van der Waals surface area (Å²) in [6, 6.07) is 15.5. The molecule has 5 heteroatoms. The number of ether oxygens (including phenoxy) is 1. The average Bonchev–Trinajstić information content (AvgIpc) is 3.04. The van der Waals surface area contributed by atoms with Crippen molar-refractivity contribution in [3.05, 3.63) is 54.7 Å². The SMILES string of the molecule is CCCOc1ccc(-c2cnnn2-c2ccc(N)cc2)cc1. The maximum Gasteiger partial charge on any atom is 0.119 e. The predicted molar refractivity (Wildman–Crippen MR) is 87.0 cm³/mol. The summed E-state index contributed by atoms with van der Waals surface area (Å²) < 4.78 is 7.40. The van der Waals surface area contributed by atoms with Crippen LogP contribution in [0, 0.1) is 0 Å². The van der Waals surface area contributed by atoms with Crippen LogP contribution in [0.2, 0.25) is 0 Å². The van der Waals surface area contributed by atoms with Crippen molar-refractivity contribution < 1.29 is 4.74 Å². The highest BCUT2D eigenvalue weighted by atomic mass is 16.5. The lowest BCUT2D eigenvalue weighted by Gasteiger charge is -2.08. The monoisotopic (exact) mass is 294 g/mol. The van der Waals surface area contributed by atoms with E-state index in [-0.39, 0.29) is 0 Å². The molecule has 3 rings (SSSR count). The summed E-state index contributed by atoms with van der Waals surface area (Å²) in [5.41, 5.74) is 9.33. The smallest absolute Gasteiger partial charge is 0.119 e. The number of aromatic nitrogens is 3. The molecule has 0 bridgehead atoms. The van der Waals surface area contributed by atoms with Gasteiger partial charge in [-0.15, -0.1) is 5.10 Å². The van der Waals surface area contributed by atoms with Crippen LogP contribution in [0.3, 0.4) is 0 Å². The second-order valence-electron chi connectivity index (χ2n) is 5.00. The van der Waals surface area contributed by atoms with E-state index in [0.29, 0.717) is 0 Å². The van der Waals surface area contributed by atoms with Crippen LogP contribution in [0.4, 0.5) is 5.69 Å². The van der Waals surface area contributed by atoms with Crippen molar-refractivity contribution in [3.8, 4) is 22.7 Å². The number of benzene rings is 2. The van der Waals surface area contributed by atoms with Crippen LogP contribution in [0.15, 0.2) is 54.7 Å². The van der Waals surface area contributed by atoms with Gasteiger partial charge in [0.15, 0.2) is 0 Å². The molecule has 0 unspecified atom stereocenters. The summed E-state index contributed by atoms with van der Waals surface area (Å²) in [4.78, 5) is 0. The van der Waals surface area contributed by atoms with Crippen LogP contribution in [-0.4, -0.2) is 21.6 Å². The number of nitrogen functional groups attached to an aromatic ring is 1. The van der Waals surface area contributed by atoms with Gasteiger partial charge in [0.1, 0.15) is 5.75 Å². The lowest BCUT2D eigenvalue weighted by atomic mass is 10.1. The first-order valence-electron chi connectivity index (χ1n) is 7.28. The Morgan fingerprint density at radius 3 is 2.45 bits per heavy atom. The third-order valence-corrected chi connectivity index (χ3v) is 3.31. The minimum absolute atomic E-state index is 0.725. The first-order chi connectivity index (χ1) is 10.8. The number of anilines is 1. The fraction of sp³-hybridized carbons (Fsp3) is 0.176. The maximum atomic E-state index is 5.73. The highest BCUT2D eigenvalue weighted by molar-refractivity contribution is 5.62. The molecule has 1 heterocycles. The second kappa shape index (κ2) is 6.30. The Labute approximate surface area is 129 Å². The zero-order valence-electron chi connectivity index (χ0n) is 12.4. The van der Waals surface area contributed by atoms with Gasteiger partial charge in [-0.1, -0.05) is 12.1 Å². The lowest BCUT2D eigenvalue weighted by molar-refractivity contribution is 0.317.